The fraction of sp³-hybridized carbons (Fsp3) is 0.462. The van der Waals surface area contributed by atoms with Gasteiger partial charge < -0.3 is 10.6 Å². The summed E-state index contributed by atoms with van der Waals surface area (Å²) < 4.78 is 0. The average Bonchev–Trinajstić information content (AvgIpc) is 2.28. The number of benzene rings is 1. The zero-order valence-corrected chi connectivity index (χ0v) is 9.99. The third-order valence-electron chi connectivity index (χ3n) is 2.27. The molecule has 0 aliphatic carbocycles. The van der Waals surface area contributed by atoms with Gasteiger partial charge in [-0.3, -0.25) is 4.79 Å². The van der Waals surface area contributed by atoms with Gasteiger partial charge in [-0.2, -0.15) is 0 Å². The molecule has 1 amide bonds. The van der Waals surface area contributed by atoms with E-state index in [9.17, 15) is 4.79 Å². The van der Waals surface area contributed by atoms with Crippen LogP contribution < -0.4 is 10.6 Å². The van der Waals surface area contributed by atoms with Crippen LogP contribution in [-0.4, -0.2) is 18.5 Å². The molecule has 0 unspecified atom stereocenters. The topological polar surface area (TPSA) is 41.1 Å². The zero-order valence-electron chi connectivity index (χ0n) is 9.99. The normalized spacial score (nSPS) is 11.9. The highest BCUT2D eigenvalue weighted by molar-refractivity contribution is 5.76. The van der Waals surface area contributed by atoms with Gasteiger partial charge in [0, 0.05) is 24.7 Å². The Morgan fingerprint density at radius 2 is 2.00 bits per heavy atom. The van der Waals surface area contributed by atoms with Crippen LogP contribution in [-0.2, 0) is 4.79 Å². The van der Waals surface area contributed by atoms with Crippen LogP contribution in [0.5, 0.6) is 0 Å². The Balaban J connectivity index is 2.25. The molecule has 0 aromatic heterocycles. The number of para-hydroxylation sites is 1. The first-order chi connectivity index (χ1) is 7.72. The lowest BCUT2D eigenvalue weighted by Crippen LogP contribution is -2.37. The number of nitrogens with one attached hydrogen (secondary N) is 2. The summed E-state index contributed by atoms with van der Waals surface area (Å²) in [6.07, 6.45) is 1.50. The molecule has 0 aliphatic heterocycles. The maximum absolute atomic E-state index is 11.3. The Kier molecular flexibility index (Phi) is 5.40. The number of anilines is 1. The molecular weight excluding hydrogens is 200 g/mol. The minimum Gasteiger partial charge on any atom is -0.383 e. The van der Waals surface area contributed by atoms with E-state index in [1.54, 1.807) is 0 Å². The monoisotopic (exact) mass is 220 g/mol. The maximum atomic E-state index is 11.3. The lowest BCUT2D eigenvalue weighted by Gasteiger charge is -2.15. The molecule has 16 heavy (non-hydrogen) atoms. The summed E-state index contributed by atoms with van der Waals surface area (Å²) in [5, 5.41) is 6.23. The molecule has 0 bridgehead atoms. The van der Waals surface area contributed by atoms with Crippen LogP contribution in [0.3, 0.4) is 0 Å². The molecule has 2 N–H and O–H groups in total. The van der Waals surface area contributed by atoms with E-state index in [2.05, 4.69) is 10.6 Å². The smallest absolute Gasteiger partial charge is 0.220 e. The molecular formula is C13H20N2O. The largest absolute Gasteiger partial charge is 0.383 e. The molecule has 0 spiro atoms. The van der Waals surface area contributed by atoms with Crippen molar-refractivity contribution in [1.82, 2.24) is 5.32 Å². The fourth-order valence-corrected chi connectivity index (χ4v) is 1.45. The van der Waals surface area contributed by atoms with Crippen LogP contribution >= 0.6 is 0 Å². The minimum atomic E-state index is 0.130. The second kappa shape index (κ2) is 6.88. The highest BCUT2D eigenvalue weighted by Crippen LogP contribution is 2.04. The first-order valence-corrected chi connectivity index (χ1v) is 5.80. The Bertz CT molecular complexity index is 311. The van der Waals surface area contributed by atoms with Gasteiger partial charge in [-0.15, -0.1) is 0 Å². The fourth-order valence-electron chi connectivity index (χ4n) is 1.45. The van der Waals surface area contributed by atoms with Crippen molar-refractivity contribution in [3.8, 4) is 0 Å². The molecule has 88 valence electrons. The van der Waals surface area contributed by atoms with E-state index in [0.717, 1.165) is 18.7 Å². The van der Waals surface area contributed by atoms with Gasteiger partial charge >= 0.3 is 0 Å². The Labute approximate surface area is 97.2 Å². The van der Waals surface area contributed by atoms with Crippen LogP contribution in [0.1, 0.15) is 26.7 Å². The molecule has 1 atom stereocenters. The molecule has 1 aromatic rings. The molecule has 3 heteroatoms. The predicted molar refractivity (Wildman–Crippen MR) is 67.4 cm³/mol. The second-order valence-electron chi connectivity index (χ2n) is 3.97. The summed E-state index contributed by atoms with van der Waals surface area (Å²) in [6, 6.07) is 10.1. The number of amides is 1. The lowest BCUT2D eigenvalue weighted by molar-refractivity contribution is -0.121. The number of rotatable bonds is 6. The third kappa shape index (κ3) is 4.82. The van der Waals surface area contributed by atoms with Gasteiger partial charge in [0.2, 0.25) is 5.91 Å². The van der Waals surface area contributed by atoms with Crippen molar-refractivity contribution in [3.63, 3.8) is 0 Å². The van der Waals surface area contributed by atoms with Crippen molar-refractivity contribution < 1.29 is 4.79 Å². The maximum Gasteiger partial charge on any atom is 0.220 e. The summed E-state index contributed by atoms with van der Waals surface area (Å²) in [5.74, 6) is 0.130. The summed E-state index contributed by atoms with van der Waals surface area (Å²) in [7, 11) is 0. The van der Waals surface area contributed by atoms with Gasteiger partial charge in [0.25, 0.3) is 0 Å². The van der Waals surface area contributed by atoms with Crippen molar-refractivity contribution in [2.75, 3.05) is 11.9 Å². The van der Waals surface area contributed by atoms with E-state index in [1.165, 1.54) is 0 Å². The van der Waals surface area contributed by atoms with Crippen molar-refractivity contribution in [2.24, 2.45) is 0 Å². The average molecular weight is 220 g/mol. The first kappa shape index (κ1) is 12.6. The van der Waals surface area contributed by atoms with Crippen LogP contribution in [0.4, 0.5) is 5.69 Å². The quantitative estimate of drug-likeness (QED) is 0.773. The summed E-state index contributed by atoms with van der Waals surface area (Å²) in [6.45, 7) is 4.76. The zero-order chi connectivity index (χ0) is 11.8. The van der Waals surface area contributed by atoms with Gasteiger partial charge in [0.1, 0.15) is 0 Å². The van der Waals surface area contributed by atoms with E-state index in [4.69, 9.17) is 0 Å². The third-order valence-corrected chi connectivity index (χ3v) is 2.27. The second-order valence-corrected chi connectivity index (χ2v) is 3.97. The van der Waals surface area contributed by atoms with Gasteiger partial charge in [0.05, 0.1) is 0 Å². The van der Waals surface area contributed by atoms with Crippen molar-refractivity contribution >= 4 is 11.6 Å². The van der Waals surface area contributed by atoms with Gasteiger partial charge in [0.15, 0.2) is 0 Å². The Morgan fingerprint density at radius 3 is 2.62 bits per heavy atom. The van der Waals surface area contributed by atoms with Crippen molar-refractivity contribution in [1.29, 1.82) is 0 Å². The van der Waals surface area contributed by atoms with Gasteiger partial charge in [-0.1, -0.05) is 25.1 Å². The van der Waals surface area contributed by atoms with E-state index in [-0.39, 0.29) is 11.9 Å². The molecule has 0 heterocycles. The summed E-state index contributed by atoms with van der Waals surface area (Å²) >= 11 is 0. The van der Waals surface area contributed by atoms with E-state index in [0.29, 0.717) is 6.42 Å². The van der Waals surface area contributed by atoms with Crippen LogP contribution in [0, 0.1) is 0 Å². The SMILES string of the molecule is CCCC(=O)N[C@@H](C)CNc1ccccc1. The Hall–Kier alpha value is -1.51. The van der Waals surface area contributed by atoms with Crippen LogP contribution in [0.2, 0.25) is 0 Å². The standard InChI is InChI=1S/C13H20N2O/c1-3-7-13(16)15-11(2)10-14-12-8-5-4-6-9-12/h4-6,8-9,11,14H,3,7,10H2,1-2H3,(H,15,16)/t11-/m0/s1. The summed E-state index contributed by atoms with van der Waals surface area (Å²) in [5.41, 5.74) is 1.08. The molecule has 0 aliphatic rings. The molecule has 0 fully saturated rings. The van der Waals surface area contributed by atoms with E-state index >= 15 is 0 Å². The first-order valence-electron chi connectivity index (χ1n) is 5.80. The molecule has 0 radical (unpaired) electrons. The van der Waals surface area contributed by atoms with E-state index in [1.807, 2.05) is 44.2 Å². The van der Waals surface area contributed by atoms with E-state index < -0.39 is 0 Å². The highest BCUT2D eigenvalue weighted by atomic mass is 16.1. The molecule has 1 rings (SSSR count). The molecule has 1 aromatic carbocycles. The van der Waals surface area contributed by atoms with Gasteiger partial charge in [-0.25, -0.2) is 0 Å². The van der Waals surface area contributed by atoms with Crippen LogP contribution in [0.25, 0.3) is 0 Å². The molecule has 3 nitrogen and oxygen atoms in total. The minimum absolute atomic E-state index is 0.130. The highest BCUT2D eigenvalue weighted by Gasteiger charge is 2.05. The summed E-state index contributed by atoms with van der Waals surface area (Å²) in [4.78, 5) is 11.3. The number of carbonyl (C=O) groups is 1. The number of hydrogen-bond acceptors (Lipinski definition) is 2. The van der Waals surface area contributed by atoms with Gasteiger partial charge in [-0.05, 0) is 25.5 Å². The van der Waals surface area contributed by atoms with Crippen molar-refractivity contribution in [3.05, 3.63) is 30.3 Å². The predicted octanol–water partition coefficient (Wildman–Crippen LogP) is 2.40. The van der Waals surface area contributed by atoms with Crippen molar-refractivity contribution in [2.45, 2.75) is 32.7 Å². The molecule has 0 saturated heterocycles. The number of hydrogen-bond donors (Lipinski definition) is 2. The Morgan fingerprint density at radius 1 is 1.31 bits per heavy atom. The molecule has 0 saturated carbocycles. The lowest BCUT2D eigenvalue weighted by atomic mass is 10.2. The number of carbonyl (C=O) groups excluding carboxylic acids is 1. The van der Waals surface area contributed by atoms with Crippen LogP contribution in [0.15, 0.2) is 30.3 Å².